The van der Waals surface area contributed by atoms with Crippen molar-refractivity contribution in [3.05, 3.63) is 70.2 Å². The molecule has 1 atom stereocenters. The molecule has 1 N–H and O–H groups in total. The summed E-state index contributed by atoms with van der Waals surface area (Å²) < 4.78 is 51.2. The smallest absolute Gasteiger partial charge is 0.265 e. The number of halogens is 2. The second kappa shape index (κ2) is 15.9. The standard InChI is InChI=1S/C31H37Cl2N3O8S/c1-7-25(31(38)34-8-2)35(18-20-9-10-21(32)15-24(20)33)30(37)19-36(26-16-22(41-3)11-13-27(26)42-4)45(39,40)23-12-14-28(43-5)29(17-23)44-6/h9-17,25H,7-8,18-19H2,1-6H3,(H,34,38). The van der Waals surface area contributed by atoms with E-state index < -0.39 is 34.4 Å². The van der Waals surface area contributed by atoms with Crippen molar-refractivity contribution in [2.24, 2.45) is 0 Å². The summed E-state index contributed by atoms with van der Waals surface area (Å²) in [6.45, 7) is 3.05. The summed E-state index contributed by atoms with van der Waals surface area (Å²) in [4.78, 5) is 28.6. The number of nitrogens with one attached hydrogen (secondary N) is 1. The van der Waals surface area contributed by atoms with Gasteiger partial charge in [-0.05, 0) is 55.3 Å². The lowest BCUT2D eigenvalue weighted by molar-refractivity contribution is -0.140. The van der Waals surface area contributed by atoms with Crippen LogP contribution in [0.15, 0.2) is 59.5 Å². The molecule has 3 aromatic rings. The normalized spacial score (nSPS) is 11.7. The van der Waals surface area contributed by atoms with Crippen molar-refractivity contribution in [3.63, 3.8) is 0 Å². The Morgan fingerprint density at radius 2 is 1.51 bits per heavy atom. The van der Waals surface area contributed by atoms with Gasteiger partial charge in [-0.1, -0.05) is 36.2 Å². The molecule has 1 unspecified atom stereocenters. The molecule has 0 aliphatic carbocycles. The molecular formula is C31H37Cl2N3O8S. The van der Waals surface area contributed by atoms with Crippen molar-refractivity contribution in [1.29, 1.82) is 0 Å². The highest BCUT2D eigenvalue weighted by atomic mass is 35.5. The van der Waals surface area contributed by atoms with Crippen molar-refractivity contribution < 1.29 is 37.0 Å². The molecule has 3 aromatic carbocycles. The summed E-state index contributed by atoms with van der Waals surface area (Å²) in [5.41, 5.74) is 0.556. The number of anilines is 1. The number of carbonyl (C=O) groups excluding carboxylic acids is 2. The quantitative estimate of drug-likeness (QED) is 0.233. The Balaban J connectivity index is 2.22. The number of hydrogen-bond acceptors (Lipinski definition) is 8. The summed E-state index contributed by atoms with van der Waals surface area (Å²) in [6.07, 6.45) is 0.244. The Kier molecular flexibility index (Phi) is 12.6. The average molecular weight is 683 g/mol. The van der Waals surface area contributed by atoms with Gasteiger partial charge in [0.15, 0.2) is 11.5 Å². The molecule has 0 heterocycles. The van der Waals surface area contributed by atoms with E-state index in [1.165, 1.54) is 69.7 Å². The Bertz CT molecular complexity index is 1620. The number of amides is 2. The van der Waals surface area contributed by atoms with Gasteiger partial charge in [0.1, 0.15) is 24.1 Å². The molecule has 14 heteroatoms. The topological polar surface area (TPSA) is 124 Å². The van der Waals surface area contributed by atoms with E-state index in [0.29, 0.717) is 28.6 Å². The Morgan fingerprint density at radius 1 is 0.844 bits per heavy atom. The van der Waals surface area contributed by atoms with Crippen LogP contribution in [0.25, 0.3) is 0 Å². The van der Waals surface area contributed by atoms with Crippen LogP contribution in [0.3, 0.4) is 0 Å². The van der Waals surface area contributed by atoms with Crippen molar-refractivity contribution in [2.45, 2.75) is 37.8 Å². The first kappa shape index (κ1) is 35.6. The Hall–Kier alpha value is -3.87. The van der Waals surface area contributed by atoms with Gasteiger partial charge in [0.2, 0.25) is 11.8 Å². The minimum absolute atomic E-state index is 0.0375. The van der Waals surface area contributed by atoms with Gasteiger partial charge in [0, 0.05) is 35.3 Å². The number of nitrogens with zero attached hydrogens (tertiary/aromatic N) is 2. The van der Waals surface area contributed by atoms with Crippen LogP contribution in [-0.4, -0.2) is 72.7 Å². The lowest BCUT2D eigenvalue weighted by atomic mass is 10.1. The van der Waals surface area contributed by atoms with Crippen molar-refractivity contribution in [3.8, 4) is 23.0 Å². The molecule has 0 fully saturated rings. The molecule has 3 rings (SSSR count). The van der Waals surface area contributed by atoms with Crippen LogP contribution < -0.4 is 28.6 Å². The highest BCUT2D eigenvalue weighted by Gasteiger charge is 2.35. The van der Waals surface area contributed by atoms with E-state index >= 15 is 0 Å². The highest BCUT2D eigenvalue weighted by Crippen LogP contribution is 2.38. The van der Waals surface area contributed by atoms with Crippen molar-refractivity contribution in [1.82, 2.24) is 10.2 Å². The maximum absolute atomic E-state index is 14.4. The van der Waals surface area contributed by atoms with Gasteiger partial charge in [0.25, 0.3) is 10.0 Å². The van der Waals surface area contributed by atoms with E-state index in [9.17, 15) is 18.0 Å². The zero-order chi connectivity index (χ0) is 33.3. The van der Waals surface area contributed by atoms with Gasteiger partial charge in [-0.15, -0.1) is 0 Å². The first-order valence-electron chi connectivity index (χ1n) is 13.9. The third-order valence-corrected chi connectivity index (χ3v) is 9.31. The highest BCUT2D eigenvalue weighted by molar-refractivity contribution is 7.92. The number of sulfonamides is 1. The van der Waals surface area contributed by atoms with E-state index in [1.807, 2.05) is 0 Å². The van der Waals surface area contributed by atoms with E-state index in [4.69, 9.17) is 42.1 Å². The molecule has 0 spiro atoms. The number of benzene rings is 3. The molecular weight excluding hydrogens is 645 g/mol. The van der Waals surface area contributed by atoms with Crippen LogP contribution in [0.4, 0.5) is 5.69 Å². The van der Waals surface area contributed by atoms with Gasteiger partial charge >= 0.3 is 0 Å². The third kappa shape index (κ3) is 8.24. The molecule has 0 bridgehead atoms. The lowest BCUT2D eigenvalue weighted by Gasteiger charge is -2.33. The van der Waals surface area contributed by atoms with Crippen molar-refractivity contribution >= 4 is 50.7 Å². The minimum Gasteiger partial charge on any atom is -0.497 e. The molecule has 2 amide bonds. The number of rotatable bonds is 15. The Morgan fingerprint density at radius 3 is 2.09 bits per heavy atom. The number of ether oxygens (including phenoxy) is 4. The van der Waals surface area contributed by atoms with Gasteiger partial charge in [-0.25, -0.2) is 8.42 Å². The summed E-state index contributed by atoms with van der Waals surface area (Å²) in [5.74, 6) is -0.0969. The van der Waals surface area contributed by atoms with Crippen LogP contribution in [0.1, 0.15) is 25.8 Å². The van der Waals surface area contributed by atoms with E-state index in [2.05, 4.69) is 5.32 Å². The van der Waals surface area contributed by atoms with Gasteiger partial charge < -0.3 is 29.2 Å². The van der Waals surface area contributed by atoms with E-state index in [0.717, 1.165) is 4.31 Å². The average Bonchev–Trinajstić information content (AvgIpc) is 3.03. The summed E-state index contributed by atoms with van der Waals surface area (Å²) in [7, 11) is 1.14. The van der Waals surface area contributed by atoms with Crippen LogP contribution in [0.5, 0.6) is 23.0 Å². The molecule has 0 radical (unpaired) electrons. The predicted molar refractivity (Wildman–Crippen MR) is 173 cm³/mol. The molecule has 0 aliphatic heterocycles. The molecule has 0 saturated heterocycles. The molecule has 0 saturated carbocycles. The van der Waals surface area contributed by atoms with Crippen LogP contribution in [0, 0.1) is 0 Å². The second-order valence-corrected chi connectivity index (χ2v) is 12.3. The second-order valence-electron chi connectivity index (χ2n) is 9.64. The van der Waals surface area contributed by atoms with Crippen molar-refractivity contribution in [2.75, 3.05) is 45.8 Å². The molecule has 0 aliphatic rings. The Labute approximate surface area is 274 Å². The number of methoxy groups -OCH3 is 4. The van der Waals surface area contributed by atoms with E-state index in [-0.39, 0.29) is 40.1 Å². The lowest BCUT2D eigenvalue weighted by Crippen LogP contribution is -2.52. The third-order valence-electron chi connectivity index (χ3n) is 6.97. The maximum atomic E-state index is 14.4. The first-order valence-corrected chi connectivity index (χ1v) is 16.1. The fraction of sp³-hybridized carbons (Fsp3) is 0.355. The van der Waals surface area contributed by atoms with Crippen LogP contribution >= 0.6 is 23.2 Å². The molecule has 45 heavy (non-hydrogen) atoms. The fourth-order valence-corrected chi connectivity index (χ4v) is 6.55. The number of carbonyl (C=O) groups is 2. The van der Waals surface area contributed by atoms with Crippen LogP contribution in [0.2, 0.25) is 10.0 Å². The molecule has 244 valence electrons. The predicted octanol–water partition coefficient (Wildman–Crippen LogP) is 5.17. The first-order chi connectivity index (χ1) is 21.4. The number of likely N-dealkylation sites (N-methyl/N-ethyl adjacent to an activating group) is 1. The number of hydrogen-bond donors (Lipinski definition) is 1. The fourth-order valence-electron chi connectivity index (χ4n) is 4.65. The monoisotopic (exact) mass is 681 g/mol. The zero-order valence-corrected chi connectivity index (χ0v) is 28.3. The minimum atomic E-state index is -4.48. The van der Waals surface area contributed by atoms with Gasteiger partial charge in [-0.3, -0.25) is 13.9 Å². The summed E-state index contributed by atoms with van der Waals surface area (Å²) in [5, 5.41) is 3.44. The van der Waals surface area contributed by atoms with Gasteiger partial charge in [-0.2, -0.15) is 0 Å². The summed E-state index contributed by atoms with van der Waals surface area (Å²) >= 11 is 12.6. The molecule has 11 nitrogen and oxygen atoms in total. The maximum Gasteiger partial charge on any atom is 0.265 e. The zero-order valence-electron chi connectivity index (χ0n) is 25.9. The SMILES string of the molecule is CCNC(=O)C(CC)N(Cc1ccc(Cl)cc1Cl)C(=O)CN(c1cc(OC)ccc1OC)S(=O)(=O)c1ccc(OC)c(OC)c1. The van der Waals surface area contributed by atoms with Crippen LogP contribution in [-0.2, 0) is 26.2 Å². The van der Waals surface area contributed by atoms with Gasteiger partial charge in [0.05, 0.1) is 39.0 Å². The van der Waals surface area contributed by atoms with E-state index in [1.54, 1.807) is 32.0 Å². The summed E-state index contributed by atoms with van der Waals surface area (Å²) in [6, 6.07) is 12.5. The largest absolute Gasteiger partial charge is 0.497 e. The molecule has 0 aromatic heterocycles.